The number of aryl methyl sites for hydroxylation is 1. The summed E-state index contributed by atoms with van der Waals surface area (Å²) in [5.74, 6) is 0. The van der Waals surface area contributed by atoms with Crippen molar-refractivity contribution in [3.63, 3.8) is 0 Å². The van der Waals surface area contributed by atoms with Crippen LogP contribution in [-0.2, 0) is 13.6 Å². The molecule has 2 aromatic heterocycles. The fraction of sp³-hybridized carbons (Fsp3) is 0.222. The SMILES string of the molecule is Cl.Cn1cc(-c2cc3n(n2)C(=O)NC3)cn1. The topological polar surface area (TPSA) is 64.7 Å². The monoisotopic (exact) mass is 239 g/mol. The van der Waals surface area contributed by atoms with E-state index in [1.54, 1.807) is 10.9 Å². The highest BCUT2D eigenvalue weighted by molar-refractivity contribution is 5.85. The summed E-state index contributed by atoms with van der Waals surface area (Å²) in [6.45, 7) is 0.548. The van der Waals surface area contributed by atoms with Crippen LogP contribution in [0, 0.1) is 0 Å². The van der Waals surface area contributed by atoms with E-state index in [0.717, 1.165) is 17.0 Å². The van der Waals surface area contributed by atoms with Crippen LogP contribution in [0.25, 0.3) is 11.3 Å². The van der Waals surface area contributed by atoms with Crippen molar-refractivity contribution in [2.24, 2.45) is 7.05 Å². The first-order chi connectivity index (χ1) is 7.24. The van der Waals surface area contributed by atoms with E-state index in [0.29, 0.717) is 6.54 Å². The number of carbonyl (C=O) groups excluding carboxylic acids is 1. The lowest BCUT2D eigenvalue weighted by molar-refractivity contribution is 0.244. The summed E-state index contributed by atoms with van der Waals surface area (Å²) >= 11 is 0. The number of hydrogen-bond donors (Lipinski definition) is 1. The first-order valence-corrected chi connectivity index (χ1v) is 4.60. The molecule has 84 valence electrons. The molecule has 2 aromatic rings. The Morgan fingerprint density at radius 1 is 1.50 bits per heavy atom. The Kier molecular flexibility index (Phi) is 2.43. The molecule has 0 radical (unpaired) electrons. The van der Waals surface area contributed by atoms with Gasteiger partial charge in [-0.15, -0.1) is 12.4 Å². The van der Waals surface area contributed by atoms with Gasteiger partial charge in [0.15, 0.2) is 0 Å². The Morgan fingerprint density at radius 3 is 2.94 bits per heavy atom. The number of nitrogens with zero attached hydrogens (tertiary/aromatic N) is 4. The molecule has 0 saturated heterocycles. The molecule has 0 unspecified atom stereocenters. The number of aromatic nitrogens is 4. The fourth-order valence-electron chi connectivity index (χ4n) is 1.66. The number of fused-ring (bicyclic) bond motifs is 1. The molecule has 0 bridgehead atoms. The molecule has 0 spiro atoms. The second kappa shape index (κ2) is 3.64. The quantitative estimate of drug-likeness (QED) is 0.800. The molecule has 0 atom stereocenters. The van der Waals surface area contributed by atoms with Crippen LogP contribution < -0.4 is 5.32 Å². The summed E-state index contributed by atoms with van der Waals surface area (Å²) in [7, 11) is 1.85. The van der Waals surface area contributed by atoms with Crippen molar-refractivity contribution < 1.29 is 4.79 Å². The Morgan fingerprint density at radius 2 is 2.31 bits per heavy atom. The van der Waals surface area contributed by atoms with Gasteiger partial charge in [0.2, 0.25) is 0 Å². The summed E-state index contributed by atoms with van der Waals surface area (Å²) in [5.41, 5.74) is 2.60. The zero-order valence-electron chi connectivity index (χ0n) is 8.54. The number of nitrogens with one attached hydrogen (secondary N) is 1. The second-order valence-electron chi connectivity index (χ2n) is 3.49. The molecule has 1 N–H and O–H groups in total. The maximum absolute atomic E-state index is 11.3. The summed E-state index contributed by atoms with van der Waals surface area (Å²) in [5, 5.41) is 11.0. The number of carbonyl (C=O) groups is 1. The van der Waals surface area contributed by atoms with Gasteiger partial charge in [0, 0.05) is 18.8 Å². The summed E-state index contributed by atoms with van der Waals surface area (Å²) in [6, 6.07) is 1.73. The van der Waals surface area contributed by atoms with Crippen LogP contribution >= 0.6 is 12.4 Å². The maximum atomic E-state index is 11.3. The van der Waals surface area contributed by atoms with E-state index < -0.39 is 0 Å². The minimum absolute atomic E-state index is 0. The largest absolute Gasteiger partial charge is 0.342 e. The van der Waals surface area contributed by atoms with Gasteiger partial charge in [0.25, 0.3) is 0 Å². The average molecular weight is 240 g/mol. The van der Waals surface area contributed by atoms with Gasteiger partial charge in [0.1, 0.15) is 0 Å². The predicted octanol–water partition coefficient (Wildman–Crippen LogP) is 0.777. The van der Waals surface area contributed by atoms with Crippen molar-refractivity contribution in [1.29, 1.82) is 0 Å². The van der Waals surface area contributed by atoms with Crippen molar-refractivity contribution in [2.75, 3.05) is 0 Å². The van der Waals surface area contributed by atoms with Crippen LogP contribution in [0.2, 0.25) is 0 Å². The zero-order valence-corrected chi connectivity index (χ0v) is 9.36. The van der Waals surface area contributed by atoms with Crippen molar-refractivity contribution >= 4 is 18.4 Å². The van der Waals surface area contributed by atoms with Gasteiger partial charge in [-0.25, -0.2) is 4.79 Å². The summed E-state index contributed by atoms with van der Waals surface area (Å²) < 4.78 is 3.10. The Balaban J connectivity index is 0.000000963. The first-order valence-electron chi connectivity index (χ1n) is 4.60. The minimum Gasteiger partial charge on any atom is -0.331 e. The number of rotatable bonds is 1. The molecular weight excluding hydrogens is 230 g/mol. The molecule has 0 aromatic carbocycles. The standard InChI is InChI=1S/C9H9N5O.ClH/c1-13-5-6(3-11-13)8-2-7-4-10-9(15)14(7)12-8;/h2-3,5H,4H2,1H3,(H,10,15);1H. The number of amides is 1. The molecule has 0 aliphatic carbocycles. The minimum atomic E-state index is -0.167. The second-order valence-corrected chi connectivity index (χ2v) is 3.49. The Bertz CT molecular complexity index is 544. The highest BCUT2D eigenvalue weighted by Gasteiger charge is 2.21. The smallest absolute Gasteiger partial charge is 0.331 e. The van der Waals surface area contributed by atoms with Crippen molar-refractivity contribution in [2.45, 2.75) is 6.54 Å². The van der Waals surface area contributed by atoms with Crippen LogP contribution in [0.4, 0.5) is 4.79 Å². The molecule has 3 rings (SSSR count). The van der Waals surface area contributed by atoms with Gasteiger partial charge in [-0.1, -0.05) is 0 Å². The molecule has 6 nitrogen and oxygen atoms in total. The van der Waals surface area contributed by atoms with Gasteiger partial charge in [-0.3, -0.25) is 4.68 Å². The van der Waals surface area contributed by atoms with Crippen LogP contribution in [0.1, 0.15) is 5.69 Å². The molecule has 0 saturated carbocycles. The normalized spacial score (nSPS) is 13.2. The molecule has 16 heavy (non-hydrogen) atoms. The third kappa shape index (κ3) is 1.47. The van der Waals surface area contributed by atoms with Gasteiger partial charge in [-0.2, -0.15) is 14.9 Å². The molecule has 0 fully saturated rings. The van der Waals surface area contributed by atoms with Gasteiger partial charge in [0.05, 0.1) is 24.1 Å². The third-order valence-corrected chi connectivity index (χ3v) is 2.40. The molecule has 7 heteroatoms. The fourth-order valence-corrected chi connectivity index (χ4v) is 1.66. The van der Waals surface area contributed by atoms with Gasteiger partial charge in [-0.05, 0) is 6.07 Å². The molecular formula is C9H10ClN5O. The lowest BCUT2D eigenvalue weighted by atomic mass is 10.2. The summed E-state index contributed by atoms with van der Waals surface area (Å²) in [6.07, 6.45) is 3.60. The van der Waals surface area contributed by atoms with Gasteiger partial charge >= 0.3 is 6.03 Å². The highest BCUT2D eigenvalue weighted by Crippen LogP contribution is 2.19. The number of halogens is 1. The Hall–Kier alpha value is -1.82. The van der Waals surface area contributed by atoms with E-state index in [9.17, 15) is 4.79 Å². The van der Waals surface area contributed by atoms with Crippen LogP contribution in [0.5, 0.6) is 0 Å². The zero-order chi connectivity index (χ0) is 10.4. The van der Waals surface area contributed by atoms with Crippen molar-refractivity contribution in [3.05, 3.63) is 24.2 Å². The van der Waals surface area contributed by atoms with Crippen molar-refractivity contribution in [3.8, 4) is 11.3 Å². The van der Waals surface area contributed by atoms with E-state index in [1.165, 1.54) is 4.68 Å². The average Bonchev–Trinajstić information content (AvgIpc) is 2.84. The molecule has 1 amide bonds. The van der Waals surface area contributed by atoms with Crippen LogP contribution in [0.3, 0.4) is 0 Å². The Labute approximate surface area is 97.7 Å². The van der Waals surface area contributed by atoms with Gasteiger partial charge < -0.3 is 5.32 Å². The third-order valence-electron chi connectivity index (χ3n) is 2.40. The van der Waals surface area contributed by atoms with Crippen LogP contribution in [-0.4, -0.2) is 25.6 Å². The van der Waals surface area contributed by atoms with E-state index >= 15 is 0 Å². The summed E-state index contributed by atoms with van der Waals surface area (Å²) in [4.78, 5) is 11.3. The lowest BCUT2D eigenvalue weighted by Gasteiger charge is -1.91. The first kappa shape index (κ1) is 10.7. The molecule has 1 aliphatic heterocycles. The maximum Gasteiger partial charge on any atom is 0.342 e. The lowest BCUT2D eigenvalue weighted by Crippen LogP contribution is -2.18. The number of hydrogen-bond acceptors (Lipinski definition) is 3. The van der Waals surface area contributed by atoms with E-state index in [1.807, 2.05) is 19.3 Å². The highest BCUT2D eigenvalue weighted by atomic mass is 35.5. The van der Waals surface area contributed by atoms with Crippen molar-refractivity contribution in [1.82, 2.24) is 24.9 Å². The molecule has 1 aliphatic rings. The van der Waals surface area contributed by atoms with E-state index in [4.69, 9.17) is 0 Å². The van der Waals surface area contributed by atoms with E-state index in [-0.39, 0.29) is 18.4 Å². The molecule has 3 heterocycles. The van der Waals surface area contributed by atoms with E-state index in [2.05, 4.69) is 15.5 Å². The van der Waals surface area contributed by atoms with Crippen LogP contribution in [0.15, 0.2) is 18.5 Å². The predicted molar refractivity (Wildman–Crippen MR) is 59.3 cm³/mol.